The molecular weight excluding hydrogens is 392 g/mol. The molecule has 1 amide bonds. The number of morpholine rings is 1. The highest BCUT2D eigenvalue weighted by atomic mass is 32.2. The number of ether oxygens (including phenoxy) is 1. The summed E-state index contributed by atoms with van der Waals surface area (Å²) in [7, 11) is -2.71. The van der Waals surface area contributed by atoms with E-state index in [0.717, 1.165) is 18.2 Å². The fraction of sp³-hybridized carbons (Fsp3) is 0.389. The first-order chi connectivity index (χ1) is 13.1. The molecule has 1 N–H and O–H groups in total. The van der Waals surface area contributed by atoms with Crippen molar-refractivity contribution in [1.82, 2.24) is 9.47 Å². The van der Waals surface area contributed by atoms with E-state index >= 15 is 0 Å². The highest BCUT2D eigenvalue weighted by Crippen LogP contribution is 2.30. The number of anilines is 1. The Morgan fingerprint density at radius 1 is 1.14 bits per heavy atom. The van der Waals surface area contributed by atoms with Crippen LogP contribution in [-0.2, 0) is 21.8 Å². The molecule has 7 nitrogen and oxygen atoms in total. The van der Waals surface area contributed by atoms with Crippen molar-refractivity contribution in [3.05, 3.63) is 46.8 Å². The number of carbonyl (C=O) groups excluding carboxylic acids is 1. The van der Waals surface area contributed by atoms with Crippen molar-refractivity contribution in [3.63, 3.8) is 0 Å². The summed E-state index contributed by atoms with van der Waals surface area (Å²) in [5.74, 6) is -2.15. The standard InChI is InChI=1S/C18H21F2N3O4S/c1-11-16(18(24)23-6-8-27-9-7-23)17(12(2)22(11)3)28(25,26)21-15-10-13(19)4-5-14(15)20/h4-5,10,21H,6-9H2,1-3H3. The minimum atomic E-state index is -4.36. The van der Waals surface area contributed by atoms with Crippen molar-refractivity contribution in [2.45, 2.75) is 18.7 Å². The average molecular weight is 413 g/mol. The third-order valence-electron chi connectivity index (χ3n) is 4.88. The number of benzene rings is 1. The Balaban J connectivity index is 2.08. The average Bonchev–Trinajstić information content (AvgIpc) is 2.89. The first-order valence-electron chi connectivity index (χ1n) is 8.64. The highest BCUT2D eigenvalue weighted by molar-refractivity contribution is 7.92. The third-order valence-corrected chi connectivity index (χ3v) is 6.40. The van der Waals surface area contributed by atoms with Crippen LogP contribution in [0.25, 0.3) is 0 Å². The van der Waals surface area contributed by atoms with Gasteiger partial charge in [0.1, 0.15) is 16.5 Å². The molecule has 0 radical (unpaired) electrons. The Labute approximate surface area is 161 Å². The van der Waals surface area contributed by atoms with Crippen LogP contribution in [0.3, 0.4) is 0 Å². The Morgan fingerprint density at radius 2 is 1.79 bits per heavy atom. The zero-order valence-electron chi connectivity index (χ0n) is 15.8. The summed E-state index contributed by atoms with van der Waals surface area (Å²) in [6.07, 6.45) is 0. The number of amides is 1. The quantitative estimate of drug-likeness (QED) is 0.833. The van der Waals surface area contributed by atoms with Crippen molar-refractivity contribution in [2.75, 3.05) is 31.0 Å². The second-order valence-corrected chi connectivity index (χ2v) is 8.19. The highest BCUT2D eigenvalue weighted by Gasteiger charge is 2.33. The normalized spacial score (nSPS) is 15.0. The van der Waals surface area contributed by atoms with Gasteiger partial charge in [-0.25, -0.2) is 17.2 Å². The van der Waals surface area contributed by atoms with Crippen molar-refractivity contribution < 1.29 is 26.7 Å². The number of aromatic nitrogens is 1. The zero-order valence-corrected chi connectivity index (χ0v) is 16.6. The van der Waals surface area contributed by atoms with Gasteiger partial charge in [-0.2, -0.15) is 0 Å². The van der Waals surface area contributed by atoms with Gasteiger partial charge in [-0.15, -0.1) is 0 Å². The maximum absolute atomic E-state index is 14.0. The van der Waals surface area contributed by atoms with E-state index < -0.39 is 33.3 Å². The van der Waals surface area contributed by atoms with Crippen LogP contribution >= 0.6 is 0 Å². The second-order valence-electron chi connectivity index (χ2n) is 6.57. The first-order valence-corrected chi connectivity index (χ1v) is 10.1. The van der Waals surface area contributed by atoms with Gasteiger partial charge in [0, 0.05) is 37.6 Å². The van der Waals surface area contributed by atoms with Gasteiger partial charge in [0.2, 0.25) is 0 Å². The molecule has 0 aliphatic carbocycles. The molecule has 2 aromatic rings. The summed E-state index contributed by atoms with van der Waals surface area (Å²) in [5.41, 5.74) is 0.282. The molecule has 1 fully saturated rings. The minimum Gasteiger partial charge on any atom is -0.378 e. The molecule has 0 saturated carbocycles. The molecule has 0 bridgehead atoms. The van der Waals surface area contributed by atoms with Crippen LogP contribution in [0.1, 0.15) is 21.7 Å². The maximum atomic E-state index is 14.0. The summed E-state index contributed by atoms with van der Waals surface area (Å²) in [5, 5.41) is 0. The molecule has 0 unspecified atom stereocenters. The summed E-state index contributed by atoms with van der Waals surface area (Å²) in [6.45, 7) is 4.62. The topological polar surface area (TPSA) is 80.6 Å². The van der Waals surface area contributed by atoms with Gasteiger partial charge in [-0.1, -0.05) is 0 Å². The van der Waals surface area contributed by atoms with Gasteiger partial charge in [0.05, 0.1) is 24.5 Å². The first kappa shape index (κ1) is 20.3. The molecule has 3 rings (SSSR count). The lowest BCUT2D eigenvalue weighted by Crippen LogP contribution is -2.41. The van der Waals surface area contributed by atoms with Crippen molar-refractivity contribution in [1.29, 1.82) is 0 Å². The van der Waals surface area contributed by atoms with Crippen LogP contribution in [0.15, 0.2) is 23.1 Å². The van der Waals surface area contributed by atoms with Gasteiger partial charge in [-0.3, -0.25) is 9.52 Å². The number of hydrogen-bond acceptors (Lipinski definition) is 4. The van der Waals surface area contributed by atoms with Crippen LogP contribution in [0.2, 0.25) is 0 Å². The van der Waals surface area contributed by atoms with E-state index in [0.29, 0.717) is 37.7 Å². The molecular formula is C18H21F2N3O4S. The van der Waals surface area contributed by atoms with E-state index in [4.69, 9.17) is 4.74 Å². The molecule has 10 heteroatoms. The van der Waals surface area contributed by atoms with Crippen molar-refractivity contribution in [3.8, 4) is 0 Å². The van der Waals surface area contributed by atoms with Gasteiger partial charge < -0.3 is 14.2 Å². The number of hydrogen-bond donors (Lipinski definition) is 1. The lowest BCUT2D eigenvalue weighted by molar-refractivity contribution is 0.0300. The van der Waals surface area contributed by atoms with E-state index in [1.807, 2.05) is 0 Å². The number of rotatable bonds is 4. The molecule has 28 heavy (non-hydrogen) atoms. The Morgan fingerprint density at radius 3 is 2.43 bits per heavy atom. The molecule has 0 atom stereocenters. The van der Waals surface area contributed by atoms with E-state index in [2.05, 4.69) is 4.72 Å². The lowest BCUT2D eigenvalue weighted by atomic mass is 10.2. The summed E-state index contributed by atoms with van der Waals surface area (Å²) < 4.78 is 62.4. The van der Waals surface area contributed by atoms with Gasteiger partial charge >= 0.3 is 0 Å². The summed E-state index contributed by atoms with van der Waals surface area (Å²) >= 11 is 0. The summed E-state index contributed by atoms with van der Waals surface area (Å²) in [4.78, 5) is 14.3. The second kappa shape index (κ2) is 7.51. The monoisotopic (exact) mass is 413 g/mol. The predicted octanol–water partition coefficient (Wildman–Crippen LogP) is 2.19. The van der Waals surface area contributed by atoms with E-state index in [-0.39, 0.29) is 10.5 Å². The summed E-state index contributed by atoms with van der Waals surface area (Å²) in [6, 6.07) is 2.47. The van der Waals surface area contributed by atoms with Gasteiger partial charge in [-0.05, 0) is 26.0 Å². The van der Waals surface area contributed by atoms with E-state index in [9.17, 15) is 22.0 Å². The largest absolute Gasteiger partial charge is 0.378 e. The number of sulfonamides is 1. The van der Waals surface area contributed by atoms with Gasteiger partial charge in [0.25, 0.3) is 15.9 Å². The fourth-order valence-corrected chi connectivity index (χ4v) is 4.77. The lowest BCUT2D eigenvalue weighted by Gasteiger charge is -2.27. The SMILES string of the molecule is Cc1c(C(=O)N2CCOCC2)c(S(=O)(=O)Nc2cc(F)ccc2F)c(C)n1C. The Kier molecular flexibility index (Phi) is 5.44. The van der Waals surface area contributed by atoms with Crippen LogP contribution in [0, 0.1) is 25.5 Å². The Bertz CT molecular complexity index is 1030. The smallest absolute Gasteiger partial charge is 0.264 e. The van der Waals surface area contributed by atoms with E-state index in [1.54, 1.807) is 25.5 Å². The number of nitrogens with zero attached hydrogens (tertiary/aromatic N) is 2. The van der Waals surface area contributed by atoms with Crippen LogP contribution in [0.4, 0.5) is 14.5 Å². The zero-order chi connectivity index (χ0) is 20.6. The van der Waals surface area contributed by atoms with Crippen LogP contribution < -0.4 is 4.72 Å². The number of carbonyl (C=O) groups is 1. The fourth-order valence-electron chi connectivity index (χ4n) is 3.19. The molecule has 1 aromatic heterocycles. The predicted molar refractivity (Wildman–Crippen MR) is 98.8 cm³/mol. The van der Waals surface area contributed by atoms with E-state index in [1.165, 1.54) is 4.90 Å². The van der Waals surface area contributed by atoms with Crippen LogP contribution in [0.5, 0.6) is 0 Å². The molecule has 1 aliphatic rings. The van der Waals surface area contributed by atoms with Gasteiger partial charge in [0.15, 0.2) is 0 Å². The van der Waals surface area contributed by atoms with Crippen LogP contribution in [-0.4, -0.2) is 50.1 Å². The molecule has 0 spiro atoms. The van der Waals surface area contributed by atoms with Crippen molar-refractivity contribution >= 4 is 21.6 Å². The Hall–Kier alpha value is -2.46. The number of nitrogens with one attached hydrogen (secondary N) is 1. The molecule has 1 aliphatic heterocycles. The maximum Gasteiger partial charge on any atom is 0.264 e. The third kappa shape index (κ3) is 3.61. The molecule has 2 heterocycles. The molecule has 1 aromatic carbocycles. The molecule has 152 valence electrons. The minimum absolute atomic E-state index is 0.0196. The molecule has 1 saturated heterocycles. The number of halogens is 2. The van der Waals surface area contributed by atoms with Crippen molar-refractivity contribution in [2.24, 2.45) is 7.05 Å².